The van der Waals surface area contributed by atoms with Gasteiger partial charge in [-0.3, -0.25) is 0 Å². The van der Waals surface area contributed by atoms with Crippen molar-refractivity contribution in [3.63, 3.8) is 0 Å². The van der Waals surface area contributed by atoms with Gasteiger partial charge in [0.2, 0.25) is 0 Å². The SMILES string of the molecule is COc1ccc2c(c1)N(CCCc1ccccc1)CCNC2. The number of aryl methyl sites for hydroxylation is 1. The third-order valence-corrected chi connectivity index (χ3v) is 4.24. The fraction of sp³-hybridized carbons (Fsp3) is 0.368. The molecule has 0 aliphatic carbocycles. The summed E-state index contributed by atoms with van der Waals surface area (Å²) in [6, 6.07) is 17.1. The van der Waals surface area contributed by atoms with Crippen LogP contribution in [0.5, 0.6) is 5.75 Å². The summed E-state index contributed by atoms with van der Waals surface area (Å²) in [5.41, 5.74) is 4.09. The molecular formula is C19H24N2O. The molecule has 1 heterocycles. The number of methoxy groups -OCH3 is 1. The van der Waals surface area contributed by atoms with Crippen LogP contribution in [-0.4, -0.2) is 26.7 Å². The van der Waals surface area contributed by atoms with Gasteiger partial charge in [0.25, 0.3) is 0 Å². The highest BCUT2D eigenvalue weighted by atomic mass is 16.5. The van der Waals surface area contributed by atoms with Gasteiger partial charge in [0, 0.05) is 37.9 Å². The zero-order chi connectivity index (χ0) is 15.2. The highest BCUT2D eigenvalue weighted by Crippen LogP contribution is 2.27. The average molecular weight is 296 g/mol. The van der Waals surface area contributed by atoms with Crippen LogP contribution < -0.4 is 15.0 Å². The Balaban J connectivity index is 1.68. The van der Waals surface area contributed by atoms with E-state index in [-0.39, 0.29) is 0 Å². The minimum Gasteiger partial charge on any atom is -0.497 e. The molecule has 3 nitrogen and oxygen atoms in total. The summed E-state index contributed by atoms with van der Waals surface area (Å²) in [6.07, 6.45) is 2.30. The van der Waals surface area contributed by atoms with Gasteiger partial charge >= 0.3 is 0 Å². The molecule has 22 heavy (non-hydrogen) atoms. The lowest BCUT2D eigenvalue weighted by molar-refractivity contribution is 0.414. The highest BCUT2D eigenvalue weighted by Gasteiger charge is 2.15. The standard InChI is InChI=1S/C19H24N2O/c1-22-18-10-9-17-15-20-11-13-21(19(17)14-18)12-5-8-16-6-3-2-4-7-16/h2-4,6-7,9-10,14,20H,5,8,11-13,15H2,1H3. The van der Waals surface area contributed by atoms with Crippen molar-refractivity contribution in [2.45, 2.75) is 19.4 Å². The highest BCUT2D eigenvalue weighted by molar-refractivity contribution is 5.58. The zero-order valence-corrected chi connectivity index (χ0v) is 13.2. The summed E-state index contributed by atoms with van der Waals surface area (Å²) < 4.78 is 5.40. The molecule has 2 aromatic carbocycles. The van der Waals surface area contributed by atoms with Gasteiger partial charge in [-0.2, -0.15) is 0 Å². The summed E-state index contributed by atoms with van der Waals surface area (Å²) >= 11 is 0. The number of benzene rings is 2. The summed E-state index contributed by atoms with van der Waals surface area (Å²) in [5, 5.41) is 3.50. The predicted octanol–water partition coefficient (Wildman–Crippen LogP) is 3.24. The second-order valence-corrected chi connectivity index (χ2v) is 5.75. The van der Waals surface area contributed by atoms with Crippen LogP contribution in [-0.2, 0) is 13.0 Å². The molecule has 3 rings (SSSR count). The van der Waals surface area contributed by atoms with E-state index in [1.165, 1.54) is 23.2 Å². The van der Waals surface area contributed by atoms with Crippen molar-refractivity contribution in [3.8, 4) is 5.75 Å². The number of rotatable bonds is 5. The maximum absolute atomic E-state index is 5.40. The molecule has 1 N–H and O–H groups in total. The van der Waals surface area contributed by atoms with Crippen molar-refractivity contribution in [2.24, 2.45) is 0 Å². The fourth-order valence-electron chi connectivity index (χ4n) is 3.02. The summed E-state index contributed by atoms with van der Waals surface area (Å²) in [6.45, 7) is 4.10. The third kappa shape index (κ3) is 3.60. The average Bonchev–Trinajstić information content (AvgIpc) is 2.78. The molecule has 0 bridgehead atoms. The molecule has 0 atom stereocenters. The summed E-state index contributed by atoms with van der Waals surface area (Å²) in [4.78, 5) is 2.49. The first kappa shape index (κ1) is 14.9. The molecule has 0 unspecified atom stereocenters. The Hall–Kier alpha value is -2.00. The molecule has 1 aliphatic heterocycles. The molecule has 0 saturated carbocycles. The van der Waals surface area contributed by atoms with Crippen molar-refractivity contribution in [2.75, 3.05) is 31.6 Å². The molecule has 0 aromatic heterocycles. The number of hydrogen-bond donors (Lipinski definition) is 1. The molecule has 1 aliphatic rings. The topological polar surface area (TPSA) is 24.5 Å². The maximum Gasteiger partial charge on any atom is 0.120 e. The van der Waals surface area contributed by atoms with E-state index in [4.69, 9.17) is 4.74 Å². The number of hydrogen-bond acceptors (Lipinski definition) is 3. The fourth-order valence-corrected chi connectivity index (χ4v) is 3.02. The van der Waals surface area contributed by atoms with Crippen molar-refractivity contribution >= 4 is 5.69 Å². The van der Waals surface area contributed by atoms with Crippen LogP contribution in [0.3, 0.4) is 0 Å². The number of ether oxygens (including phenoxy) is 1. The lowest BCUT2D eigenvalue weighted by atomic mass is 10.1. The van der Waals surface area contributed by atoms with E-state index in [1.807, 2.05) is 6.07 Å². The lowest BCUT2D eigenvalue weighted by Gasteiger charge is -2.25. The van der Waals surface area contributed by atoms with E-state index in [2.05, 4.69) is 52.7 Å². The zero-order valence-electron chi connectivity index (χ0n) is 13.2. The van der Waals surface area contributed by atoms with Gasteiger partial charge in [-0.25, -0.2) is 0 Å². The van der Waals surface area contributed by atoms with E-state index < -0.39 is 0 Å². The Morgan fingerprint density at radius 3 is 2.82 bits per heavy atom. The van der Waals surface area contributed by atoms with Crippen LogP contribution in [0.1, 0.15) is 17.5 Å². The van der Waals surface area contributed by atoms with Gasteiger partial charge in [0.1, 0.15) is 5.75 Å². The molecule has 2 aromatic rings. The number of fused-ring (bicyclic) bond motifs is 1. The smallest absolute Gasteiger partial charge is 0.120 e. The Morgan fingerprint density at radius 2 is 2.00 bits per heavy atom. The van der Waals surface area contributed by atoms with E-state index >= 15 is 0 Å². The second-order valence-electron chi connectivity index (χ2n) is 5.75. The Kier molecular flexibility index (Phi) is 4.96. The number of anilines is 1. The van der Waals surface area contributed by atoms with Gasteiger partial charge in [0.05, 0.1) is 7.11 Å². The van der Waals surface area contributed by atoms with Crippen LogP contribution in [0.4, 0.5) is 5.69 Å². The minimum atomic E-state index is 0.939. The Morgan fingerprint density at radius 1 is 1.14 bits per heavy atom. The lowest BCUT2D eigenvalue weighted by Crippen LogP contribution is -2.29. The minimum absolute atomic E-state index is 0.939. The normalized spacial score (nSPS) is 14.3. The predicted molar refractivity (Wildman–Crippen MR) is 91.7 cm³/mol. The second kappa shape index (κ2) is 7.32. The molecule has 0 fully saturated rings. The molecule has 0 saturated heterocycles. The van der Waals surface area contributed by atoms with E-state index in [9.17, 15) is 0 Å². The van der Waals surface area contributed by atoms with E-state index in [0.29, 0.717) is 0 Å². The molecule has 0 radical (unpaired) electrons. The van der Waals surface area contributed by atoms with Crippen molar-refractivity contribution < 1.29 is 4.74 Å². The summed E-state index contributed by atoms with van der Waals surface area (Å²) in [7, 11) is 1.73. The first-order valence-corrected chi connectivity index (χ1v) is 8.03. The maximum atomic E-state index is 5.40. The van der Waals surface area contributed by atoms with Crippen LogP contribution >= 0.6 is 0 Å². The molecule has 3 heteroatoms. The molecule has 0 spiro atoms. The van der Waals surface area contributed by atoms with E-state index in [0.717, 1.165) is 38.3 Å². The monoisotopic (exact) mass is 296 g/mol. The van der Waals surface area contributed by atoms with Crippen molar-refractivity contribution in [3.05, 3.63) is 59.7 Å². The first-order valence-electron chi connectivity index (χ1n) is 8.03. The molecule has 116 valence electrons. The van der Waals surface area contributed by atoms with Crippen LogP contribution in [0.2, 0.25) is 0 Å². The number of nitrogens with one attached hydrogen (secondary N) is 1. The van der Waals surface area contributed by atoms with E-state index in [1.54, 1.807) is 7.11 Å². The quantitative estimate of drug-likeness (QED) is 0.917. The van der Waals surface area contributed by atoms with Gasteiger partial charge in [-0.15, -0.1) is 0 Å². The van der Waals surface area contributed by atoms with Crippen molar-refractivity contribution in [1.82, 2.24) is 5.32 Å². The summed E-state index contributed by atoms with van der Waals surface area (Å²) in [5.74, 6) is 0.939. The Bertz CT molecular complexity index is 598. The molecule has 0 amide bonds. The van der Waals surface area contributed by atoms with Crippen LogP contribution in [0, 0.1) is 0 Å². The van der Waals surface area contributed by atoms with Crippen LogP contribution in [0.25, 0.3) is 0 Å². The Labute approximate surface area is 132 Å². The largest absolute Gasteiger partial charge is 0.497 e. The van der Waals surface area contributed by atoms with Gasteiger partial charge in [-0.05, 0) is 30.0 Å². The third-order valence-electron chi connectivity index (χ3n) is 4.24. The van der Waals surface area contributed by atoms with Gasteiger partial charge in [-0.1, -0.05) is 36.4 Å². The van der Waals surface area contributed by atoms with Gasteiger partial charge < -0.3 is 15.0 Å². The number of nitrogens with zero attached hydrogens (tertiary/aromatic N) is 1. The van der Waals surface area contributed by atoms with Crippen molar-refractivity contribution in [1.29, 1.82) is 0 Å². The van der Waals surface area contributed by atoms with Crippen LogP contribution in [0.15, 0.2) is 48.5 Å². The first-order chi connectivity index (χ1) is 10.9. The van der Waals surface area contributed by atoms with Gasteiger partial charge in [0.15, 0.2) is 0 Å². The molecular weight excluding hydrogens is 272 g/mol.